The van der Waals surface area contributed by atoms with Crippen LogP contribution >= 0.6 is 0 Å². The van der Waals surface area contributed by atoms with E-state index in [0.717, 1.165) is 0 Å². The second kappa shape index (κ2) is 6.23. The predicted octanol–water partition coefficient (Wildman–Crippen LogP) is 2.48. The molecule has 0 atom stereocenters. The Hall–Kier alpha value is -1.31. The number of methoxy groups -OCH3 is 1. The lowest BCUT2D eigenvalue weighted by atomic mass is 10.2. The molecule has 0 aromatic heterocycles. The highest BCUT2D eigenvalue weighted by molar-refractivity contribution is 5.65. The highest BCUT2D eigenvalue weighted by atomic mass is 16.5. The lowest BCUT2D eigenvalue weighted by molar-refractivity contribution is -0.137. The number of rotatable bonds is 0. The van der Waals surface area contributed by atoms with Crippen LogP contribution in [-0.4, -0.2) is 13.1 Å². The van der Waals surface area contributed by atoms with Gasteiger partial charge in [-0.15, -0.1) is 0 Å². The molecular weight excluding hydrogens is 164 g/mol. The molecule has 0 aliphatic rings. The molecule has 0 saturated carbocycles. The molecule has 1 aromatic rings. The van der Waals surface area contributed by atoms with Crippen LogP contribution in [0.4, 0.5) is 0 Å². The number of hydrogen-bond acceptors (Lipinski definition) is 2. The zero-order chi connectivity index (χ0) is 10.3. The molecule has 1 rings (SSSR count). The fourth-order valence-electron chi connectivity index (χ4n) is 0.807. The summed E-state index contributed by atoms with van der Waals surface area (Å²) in [5.74, 6) is -0.245. The zero-order valence-electron chi connectivity index (χ0n) is 8.63. The fraction of sp³-hybridized carbons (Fsp3) is 0.364. The second-order valence-corrected chi connectivity index (χ2v) is 2.85. The number of carbonyl (C=O) groups excluding carboxylic acids is 1. The summed E-state index contributed by atoms with van der Waals surface area (Å²) < 4.78 is 4.11. The number of benzene rings is 1. The molecule has 0 fully saturated rings. The van der Waals surface area contributed by atoms with Gasteiger partial charge in [0.15, 0.2) is 0 Å². The van der Waals surface area contributed by atoms with Gasteiger partial charge in [0.2, 0.25) is 0 Å². The Morgan fingerprint density at radius 2 is 1.62 bits per heavy atom. The summed E-state index contributed by atoms with van der Waals surface area (Å²) in [6.07, 6.45) is 0. The summed E-state index contributed by atoms with van der Waals surface area (Å²) in [5.41, 5.74) is 2.68. The molecule has 2 nitrogen and oxygen atoms in total. The smallest absolute Gasteiger partial charge is 0.302 e. The summed E-state index contributed by atoms with van der Waals surface area (Å²) in [6, 6.07) is 8.45. The van der Waals surface area contributed by atoms with Gasteiger partial charge in [-0.05, 0) is 13.8 Å². The van der Waals surface area contributed by atoms with Crippen molar-refractivity contribution in [3.63, 3.8) is 0 Å². The fourth-order valence-corrected chi connectivity index (χ4v) is 0.807. The molecule has 0 amide bonds. The predicted molar refractivity (Wildman–Crippen MR) is 53.6 cm³/mol. The third kappa shape index (κ3) is 7.06. The average Bonchev–Trinajstić information content (AvgIpc) is 2.05. The van der Waals surface area contributed by atoms with Gasteiger partial charge in [-0.25, -0.2) is 0 Å². The number of carbonyl (C=O) groups is 1. The highest BCUT2D eigenvalue weighted by Crippen LogP contribution is 2.00. The van der Waals surface area contributed by atoms with E-state index >= 15 is 0 Å². The summed E-state index contributed by atoms with van der Waals surface area (Å²) >= 11 is 0. The van der Waals surface area contributed by atoms with Crippen molar-refractivity contribution < 1.29 is 9.53 Å². The molecule has 0 bridgehead atoms. The van der Waals surface area contributed by atoms with Crippen LogP contribution in [0.5, 0.6) is 0 Å². The Kier molecular flexibility index (Phi) is 5.60. The summed E-state index contributed by atoms with van der Waals surface area (Å²) in [4.78, 5) is 9.59. The van der Waals surface area contributed by atoms with Crippen molar-refractivity contribution in [2.45, 2.75) is 20.8 Å². The quantitative estimate of drug-likeness (QED) is 0.573. The Bertz CT molecular complexity index is 249. The zero-order valence-corrected chi connectivity index (χ0v) is 8.63. The Morgan fingerprint density at radius 1 is 1.23 bits per heavy atom. The molecule has 0 saturated heterocycles. The number of aryl methyl sites for hydroxylation is 2. The van der Waals surface area contributed by atoms with Gasteiger partial charge in [-0.1, -0.05) is 35.4 Å². The van der Waals surface area contributed by atoms with E-state index in [9.17, 15) is 4.79 Å². The first-order valence-corrected chi connectivity index (χ1v) is 4.14. The third-order valence-corrected chi connectivity index (χ3v) is 1.46. The van der Waals surface area contributed by atoms with E-state index in [-0.39, 0.29) is 5.97 Å². The molecule has 0 aliphatic heterocycles. The lowest BCUT2D eigenvalue weighted by Gasteiger charge is -1.90. The van der Waals surface area contributed by atoms with Crippen molar-refractivity contribution in [1.82, 2.24) is 0 Å². The van der Waals surface area contributed by atoms with Crippen LogP contribution in [0.15, 0.2) is 24.3 Å². The minimum Gasteiger partial charge on any atom is -0.469 e. The van der Waals surface area contributed by atoms with Gasteiger partial charge in [0, 0.05) is 6.92 Å². The van der Waals surface area contributed by atoms with Gasteiger partial charge >= 0.3 is 5.97 Å². The van der Waals surface area contributed by atoms with Gasteiger partial charge in [0.05, 0.1) is 7.11 Å². The summed E-state index contributed by atoms with van der Waals surface area (Å²) in [5, 5.41) is 0. The van der Waals surface area contributed by atoms with E-state index in [0.29, 0.717) is 0 Å². The standard InChI is InChI=1S/C8H10.C3H6O2/c1-7-4-3-5-8(2)6-7;1-3(4)5-2/h3-6H,1-2H3;1-2H3. The first-order valence-electron chi connectivity index (χ1n) is 4.14. The number of hydrogen-bond donors (Lipinski definition) is 0. The van der Waals surface area contributed by atoms with E-state index < -0.39 is 0 Å². The van der Waals surface area contributed by atoms with Gasteiger partial charge in [-0.2, -0.15) is 0 Å². The van der Waals surface area contributed by atoms with E-state index in [1.54, 1.807) is 0 Å². The Balaban J connectivity index is 0.000000252. The van der Waals surface area contributed by atoms with Crippen LogP contribution in [0, 0.1) is 13.8 Å². The Labute approximate surface area is 79.5 Å². The molecular formula is C11H16O2. The molecule has 0 aliphatic carbocycles. The second-order valence-electron chi connectivity index (χ2n) is 2.85. The van der Waals surface area contributed by atoms with Crippen molar-refractivity contribution in [2.24, 2.45) is 0 Å². The average molecular weight is 180 g/mol. The first-order chi connectivity index (χ1) is 6.06. The molecule has 72 valence electrons. The van der Waals surface area contributed by atoms with Crippen molar-refractivity contribution in [3.05, 3.63) is 35.4 Å². The maximum atomic E-state index is 9.59. The molecule has 0 heterocycles. The number of ether oxygens (including phenoxy) is 1. The van der Waals surface area contributed by atoms with E-state index in [1.807, 2.05) is 0 Å². The van der Waals surface area contributed by atoms with E-state index in [4.69, 9.17) is 0 Å². The van der Waals surface area contributed by atoms with Crippen molar-refractivity contribution in [2.75, 3.05) is 7.11 Å². The van der Waals surface area contributed by atoms with E-state index in [1.165, 1.54) is 25.2 Å². The largest absolute Gasteiger partial charge is 0.469 e. The van der Waals surface area contributed by atoms with Gasteiger partial charge in [-0.3, -0.25) is 4.79 Å². The molecule has 1 aromatic carbocycles. The van der Waals surface area contributed by atoms with Crippen LogP contribution in [0.2, 0.25) is 0 Å². The minimum atomic E-state index is -0.245. The lowest BCUT2D eigenvalue weighted by Crippen LogP contribution is -1.88. The molecule has 0 unspecified atom stereocenters. The van der Waals surface area contributed by atoms with Crippen molar-refractivity contribution in [3.8, 4) is 0 Å². The molecule has 0 radical (unpaired) electrons. The SMILES string of the molecule is COC(C)=O.Cc1cccc(C)c1. The Morgan fingerprint density at radius 3 is 1.77 bits per heavy atom. The molecule has 13 heavy (non-hydrogen) atoms. The van der Waals surface area contributed by atoms with Crippen LogP contribution in [0.25, 0.3) is 0 Å². The molecule has 0 N–H and O–H groups in total. The van der Waals surface area contributed by atoms with Crippen LogP contribution < -0.4 is 0 Å². The maximum absolute atomic E-state index is 9.59. The molecule has 2 heteroatoms. The van der Waals surface area contributed by atoms with E-state index in [2.05, 4.69) is 42.8 Å². The maximum Gasteiger partial charge on any atom is 0.302 e. The van der Waals surface area contributed by atoms with Crippen molar-refractivity contribution in [1.29, 1.82) is 0 Å². The first kappa shape index (κ1) is 11.7. The topological polar surface area (TPSA) is 26.3 Å². The van der Waals surface area contributed by atoms with Gasteiger partial charge < -0.3 is 4.74 Å². The van der Waals surface area contributed by atoms with Crippen LogP contribution in [-0.2, 0) is 9.53 Å². The highest BCUT2D eigenvalue weighted by Gasteiger charge is 1.80. The van der Waals surface area contributed by atoms with Gasteiger partial charge in [0.1, 0.15) is 0 Å². The van der Waals surface area contributed by atoms with Gasteiger partial charge in [0.25, 0.3) is 0 Å². The third-order valence-electron chi connectivity index (χ3n) is 1.46. The van der Waals surface area contributed by atoms with Crippen LogP contribution in [0.1, 0.15) is 18.1 Å². The monoisotopic (exact) mass is 180 g/mol. The van der Waals surface area contributed by atoms with Crippen molar-refractivity contribution >= 4 is 5.97 Å². The normalized spacial score (nSPS) is 8.31. The van der Waals surface area contributed by atoms with Crippen LogP contribution in [0.3, 0.4) is 0 Å². The summed E-state index contributed by atoms with van der Waals surface area (Å²) in [7, 11) is 1.35. The summed E-state index contributed by atoms with van der Waals surface area (Å²) in [6.45, 7) is 5.57. The minimum absolute atomic E-state index is 0.245. The molecule has 0 spiro atoms. The number of esters is 1.